The van der Waals surface area contributed by atoms with Crippen LogP contribution in [0.5, 0.6) is 0 Å². The first kappa shape index (κ1) is 17.2. The molecule has 2 heterocycles. The number of H-pyrrole nitrogens is 1. The normalized spacial score (nSPS) is 15.0. The molecule has 0 aliphatic carbocycles. The zero-order chi connectivity index (χ0) is 16.5. The molecule has 1 fully saturated rings. The maximum absolute atomic E-state index is 12.1. The van der Waals surface area contributed by atoms with Gasteiger partial charge >= 0.3 is 0 Å². The minimum absolute atomic E-state index is 0.0518. The summed E-state index contributed by atoms with van der Waals surface area (Å²) in [5.74, 6) is 0.835. The molecular weight excluding hydrogens is 288 g/mol. The van der Waals surface area contributed by atoms with Gasteiger partial charge in [0.1, 0.15) is 6.33 Å². The monoisotopic (exact) mass is 314 g/mol. The predicted octanol–water partition coefficient (Wildman–Crippen LogP) is 3.63. The first-order valence-electron chi connectivity index (χ1n) is 8.45. The Balaban J connectivity index is 0.000000433. The van der Waals surface area contributed by atoms with Gasteiger partial charge < -0.3 is 4.90 Å². The van der Waals surface area contributed by atoms with E-state index in [2.05, 4.69) is 53.3 Å². The van der Waals surface area contributed by atoms with E-state index in [9.17, 15) is 4.79 Å². The van der Waals surface area contributed by atoms with Crippen LogP contribution >= 0.6 is 0 Å². The molecule has 124 valence electrons. The van der Waals surface area contributed by atoms with Crippen molar-refractivity contribution in [3.63, 3.8) is 0 Å². The van der Waals surface area contributed by atoms with Crippen molar-refractivity contribution < 1.29 is 4.79 Å². The summed E-state index contributed by atoms with van der Waals surface area (Å²) in [6.07, 6.45) is 6.01. The van der Waals surface area contributed by atoms with Crippen LogP contribution in [0.1, 0.15) is 61.6 Å². The van der Waals surface area contributed by atoms with Crippen molar-refractivity contribution in [3.05, 3.63) is 48.0 Å². The van der Waals surface area contributed by atoms with Gasteiger partial charge in [0.05, 0.1) is 0 Å². The molecule has 1 aliphatic rings. The fourth-order valence-corrected chi connectivity index (χ4v) is 2.60. The van der Waals surface area contributed by atoms with E-state index in [4.69, 9.17) is 0 Å². The van der Waals surface area contributed by atoms with E-state index in [0.29, 0.717) is 11.7 Å². The van der Waals surface area contributed by atoms with Gasteiger partial charge in [-0.15, -0.1) is 0 Å². The SMILES string of the molecule is CCCC.O=C(c1ncn[nH]1)N1CCC(c2ccccc2)CC1. The summed E-state index contributed by atoms with van der Waals surface area (Å²) >= 11 is 0. The van der Waals surface area contributed by atoms with Gasteiger partial charge in [0.2, 0.25) is 5.82 Å². The Morgan fingerprint density at radius 2 is 1.83 bits per heavy atom. The summed E-state index contributed by atoms with van der Waals surface area (Å²) < 4.78 is 0. The lowest BCUT2D eigenvalue weighted by atomic mass is 9.89. The highest BCUT2D eigenvalue weighted by atomic mass is 16.2. The smallest absolute Gasteiger partial charge is 0.291 e. The van der Waals surface area contributed by atoms with Crippen LogP contribution < -0.4 is 0 Å². The van der Waals surface area contributed by atoms with Crippen LogP contribution in [0.4, 0.5) is 0 Å². The molecule has 1 aromatic carbocycles. The zero-order valence-corrected chi connectivity index (χ0v) is 14.0. The number of likely N-dealkylation sites (tertiary alicyclic amines) is 1. The van der Waals surface area contributed by atoms with Gasteiger partial charge in [0, 0.05) is 13.1 Å². The standard InChI is InChI=1S/C14H16N4O.C4H10/c19-14(13-15-10-16-17-13)18-8-6-12(7-9-18)11-4-2-1-3-5-11;1-3-4-2/h1-5,10,12H,6-9H2,(H,15,16,17);3-4H2,1-2H3. The molecule has 1 aliphatic heterocycles. The van der Waals surface area contributed by atoms with Crippen molar-refractivity contribution in [2.45, 2.75) is 45.4 Å². The molecule has 1 amide bonds. The third kappa shape index (κ3) is 4.91. The van der Waals surface area contributed by atoms with Crippen LogP contribution in [0.25, 0.3) is 0 Å². The summed E-state index contributed by atoms with van der Waals surface area (Å²) in [4.78, 5) is 17.9. The lowest BCUT2D eigenvalue weighted by molar-refractivity contribution is 0.0701. The molecule has 0 saturated carbocycles. The Morgan fingerprint density at radius 1 is 1.17 bits per heavy atom. The summed E-state index contributed by atoms with van der Waals surface area (Å²) in [6.45, 7) is 5.91. The van der Waals surface area contributed by atoms with Gasteiger partial charge in [0.25, 0.3) is 5.91 Å². The maximum atomic E-state index is 12.1. The van der Waals surface area contributed by atoms with E-state index in [1.54, 1.807) is 0 Å². The Morgan fingerprint density at radius 3 is 2.35 bits per heavy atom. The average molecular weight is 314 g/mol. The minimum atomic E-state index is -0.0518. The number of rotatable bonds is 3. The third-order valence-electron chi connectivity index (χ3n) is 4.17. The van der Waals surface area contributed by atoms with E-state index in [0.717, 1.165) is 25.9 Å². The topological polar surface area (TPSA) is 61.9 Å². The molecule has 5 nitrogen and oxygen atoms in total. The number of nitrogens with one attached hydrogen (secondary N) is 1. The number of hydrogen-bond donors (Lipinski definition) is 1. The number of hydrogen-bond acceptors (Lipinski definition) is 3. The van der Waals surface area contributed by atoms with Gasteiger partial charge in [-0.1, -0.05) is 57.0 Å². The molecule has 0 bridgehead atoms. The Hall–Kier alpha value is -2.17. The van der Waals surface area contributed by atoms with Crippen LogP contribution in [0.3, 0.4) is 0 Å². The lowest BCUT2D eigenvalue weighted by Crippen LogP contribution is -2.38. The highest BCUT2D eigenvalue weighted by molar-refractivity contribution is 5.90. The number of carbonyl (C=O) groups is 1. The summed E-state index contributed by atoms with van der Waals surface area (Å²) in [7, 11) is 0. The molecule has 0 spiro atoms. The molecule has 0 unspecified atom stereocenters. The number of unbranched alkanes of at least 4 members (excludes halogenated alkanes) is 1. The highest BCUT2D eigenvalue weighted by Crippen LogP contribution is 2.28. The first-order chi connectivity index (χ1) is 11.3. The summed E-state index contributed by atoms with van der Waals surface area (Å²) in [5.41, 5.74) is 1.37. The van der Waals surface area contributed by atoms with Crippen LogP contribution in [0.15, 0.2) is 36.7 Å². The average Bonchev–Trinajstić information content (AvgIpc) is 3.17. The van der Waals surface area contributed by atoms with Gasteiger partial charge in [-0.3, -0.25) is 9.89 Å². The third-order valence-corrected chi connectivity index (χ3v) is 4.17. The van der Waals surface area contributed by atoms with Crippen molar-refractivity contribution in [1.82, 2.24) is 20.1 Å². The van der Waals surface area contributed by atoms with Gasteiger partial charge in [-0.05, 0) is 24.3 Å². The predicted molar refractivity (Wildman–Crippen MR) is 91.3 cm³/mol. The Labute approximate surface area is 138 Å². The second-order valence-electron chi connectivity index (χ2n) is 5.81. The minimum Gasteiger partial charge on any atom is -0.336 e. The second kappa shape index (κ2) is 9.08. The molecule has 0 atom stereocenters. The van der Waals surface area contributed by atoms with Gasteiger partial charge in [-0.2, -0.15) is 5.10 Å². The van der Waals surface area contributed by atoms with E-state index in [1.807, 2.05) is 11.0 Å². The van der Waals surface area contributed by atoms with Crippen LogP contribution in [-0.2, 0) is 0 Å². The fourth-order valence-electron chi connectivity index (χ4n) is 2.60. The van der Waals surface area contributed by atoms with E-state index in [-0.39, 0.29) is 5.91 Å². The molecule has 0 radical (unpaired) electrons. The molecule has 1 saturated heterocycles. The van der Waals surface area contributed by atoms with Crippen molar-refractivity contribution in [2.24, 2.45) is 0 Å². The van der Waals surface area contributed by atoms with Crippen LogP contribution in [0.2, 0.25) is 0 Å². The van der Waals surface area contributed by atoms with Crippen molar-refractivity contribution in [1.29, 1.82) is 0 Å². The van der Waals surface area contributed by atoms with E-state index < -0.39 is 0 Å². The molecule has 23 heavy (non-hydrogen) atoms. The molecule has 3 rings (SSSR count). The number of amides is 1. The number of aromatic amines is 1. The number of aromatic nitrogens is 3. The van der Waals surface area contributed by atoms with Crippen molar-refractivity contribution >= 4 is 5.91 Å². The van der Waals surface area contributed by atoms with Crippen molar-refractivity contribution in [2.75, 3.05) is 13.1 Å². The number of carbonyl (C=O) groups excluding carboxylic acids is 1. The molecule has 2 aromatic rings. The van der Waals surface area contributed by atoms with E-state index in [1.165, 1.54) is 24.7 Å². The summed E-state index contributed by atoms with van der Waals surface area (Å²) in [5, 5.41) is 6.34. The lowest BCUT2D eigenvalue weighted by Gasteiger charge is -2.31. The quantitative estimate of drug-likeness (QED) is 0.941. The number of nitrogens with zero attached hydrogens (tertiary/aromatic N) is 3. The molecule has 1 aromatic heterocycles. The largest absolute Gasteiger partial charge is 0.336 e. The number of benzene rings is 1. The molecule has 1 N–H and O–H groups in total. The van der Waals surface area contributed by atoms with Gasteiger partial charge in [-0.25, -0.2) is 4.98 Å². The Kier molecular flexibility index (Phi) is 6.78. The zero-order valence-electron chi connectivity index (χ0n) is 14.0. The second-order valence-corrected chi connectivity index (χ2v) is 5.81. The Bertz CT molecular complexity index is 558. The van der Waals surface area contributed by atoms with Crippen LogP contribution in [0, 0.1) is 0 Å². The highest BCUT2D eigenvalue weighted by Gasteiger charge is 2.25. The number of piperidine rings is 1. The van der Waals surface area contributed by atoms with Gasteiger partial charge in [0.15, 0.2) is 0 Å². The van der Waals surface area contributed by atoms with Crippen molar-refractivity contribution in [3.8, 4) is 0 Å². The maximum Gasteiger partial charge on any atom is 0.291 e. The molecule has 5 heteroatoms. The van der Waals surface area contributed by atoms with Crippen LogP contribution in [-0.4, -0.2) is 39.1 Å². The fraction of sp³-hybridized carbons (Fsp3) is 0.500. The van der Waals surface area contributed by atoms with E-state index >= 15 is 0 Å². The first-order valence-corrected chi connectivity index (χ1v) is 8.45. The molecular formula is C18H26N4O. The summed E-state index contributed by atoms with van der Waals surface area (Å²) in [6, 6.07) is 10.5.